The van der Waals surface area contributed by atoms with Crippen LogP contribution in [0.5, 0.6) is 0 Å². The molecule has 122 valence electrons. The zero-order valence-electron chi connectivity index (χ0n) is 12.8. The molecule has 3 heterocycles. The van der Waals surface area contributed by atoms with Gasteiger partial charge in [-0.05, 0) is 24.8 Å². The normalized spacial score (nSPS) is 12.3. The Bertz CT molecular complexity index is 864. The molecular formula is C15H15F3N4S. The third-order valence-corrected chi connectivity index (χ3v) is 4.57. The highest BCUT2D eigenvalue weighted by Gasteiger charge is 2.31. The van der Waals surface area contributed by atoms with Gasteiger partial charge in [-0.15, -0.1) is 11.8 Å². The summed E-state index contributed by atoms with van der Waals surface area (Å²) in [6.07, 6.45) is -1.56. The van der Waals surface area contributed by atoms with Crippen molar-refractivity contribution in [1.29, 1.82) is 0 Å². The van der Waals surface area contributed by atoms with Crippen molar-refractivity contribution in [1.82, 2.24) is 18.9 Å². The van der Waals surface area contributed by atoms with Crippen LogP contribution in [-0.4, -0.2) is 24.7 Å². The molecule has 0 bridgehead atoms. The number of rotatable bonds is 3. The summed E-state index contributed by atoms with van der Waals surface area (Å²) in [6.45, 7) is 3.87. The van der Waals surface area contributed by atoms with Crippen LogP contribution < -0.4 is 0 Å². The van der Waals surface area contributed by atoms with Gasteiger partial charge in [0.05, 0.1) is 5.56 Å². The van der Waals surface area contributed by atoms with Crippen molar-refractivity contribution in [3.05, 3.63) is 35.8 Å². The number of hydrogen-bond donors (Lipinski definition) is 0. The van der Waals surface area contributed by atoms with Crippen molar-refractivity contribution in [2.24, 2.45) is 7.05 Å². The summed E-state index contributed by atoms with van der Waals surface area (Å²) in [7, 11) is 1.86. The third-order valence-electron chi connectivity index (χ3n) is 3.62. The first-order chi connectivity index (χ1) is 10.8. The van der Waals surface area contributed by atoms with Crippen LogP contribution in [0, 0.1) is 6.92 Å². The van der Waals surface area contributed by atoms with Crippen molar-refractivity contribution in [3.63, 3.8) is 0 Å². The van der Waals surface area contributed by atoms with Crippen molar-refractivity contribution in [2.75, 3.05) is 5.75 Å². The maximum absolute atomic E-state index is 13.0. The largest absolute Gasteiger partial charge is 0.417 e. The lowest BCUT2D eigenvalue weighted by Gasteiger charge is -2.08. The van der Waals surface area contributed by atoms with E-state index in [4.69, 9.17) is 0 Å². The number of imidazole rings is 2. The molecule has 0 spiro atoms. The topological polar surface area (TPSA) is 35.1 Å². The molecule has 3 rings (SSSR count). The van der Waals surface area contributed by atoms with E-state index < -0.39 is 11.7 Å². The predicted octanol–water partition coefficient (Wildman–Crippen LogP) is 4.17. The summed E-state index contributed by atoms with van der Waals surface area (Å²) in [5.74, 6) is 1.37. The number of aryl methyl sites for hydroxylation is 1. The number of fused-ring (bicyclic) bond motifs is 1. The van der Waals surface area contributed by atoms with Gasteiger partial charge in [0.1, 0.15) is 16.4 Å². The number of aromatic nitrogens is 4. The molecule has 4 nitrogen and oxygen atoms in total. The molecule has 0 saturated carbocycles. The standard InChI is InChI=1S/C15H15F3N4S/c1-4-23-14-12(13-19-7-9(2)21(13)3)20-11-6-5-10(8-22(11)14)15(16,17)18/h5-8H,4H2,1-3H3. The van der Waals surface area contributed by atoms with E-state index in [0.29, 0.717) is 22.2 Å². The minimum absolute atomic E-state index is 0.476. The Kier molecular flexibility index (Phi) is 3.87. The number of nitrogens with zero attached hydrogens (tertiary/aromatic N) is 4. The molecule has 0 N–H and O–H groups in total. The highest BCUT2D eigenvalue weighted by atomic mass is 32.2. The highest BCUT2D eigenvalue weighted by Crippen LogP contribution is 2.34. The van der Waals surface area contributed by atoms with Gasteiger partial charge in [0.2, 0.25) is 0 Å². The fourth-order valence-corrected chi connectivity index (χ4v) is 3.16. The Morgan fingerprint density at radius 1 is 1.26 bits per heavy atom. The first-order valence-electron chi connectivity index (χ1n) is 7.03. The van der Waals surface area contributed by atoms with Gasteiger partial charge in [-0.2, -0.15) is 13.2 Å². The maximum Gasteiger partial charge on any atom is 0.417 e. The molecule has 0 atom stereocenters. The van der Waals surface area contributed by atoms with Gasteiger partial charge in [0.15, 0.2) is 5.82 Å². The zero-order valence-corrected chi connectivity index (χ0v) is 13.7. The lowest BCUT2D eigenvalue weighted by molar-refractivity contribution is -0.137. The molecular weight excluding hydrogens is 325 g/mol. The van der Waals surface area contributed by atoms with E-state index in [9.17, 15) is 13.2 Å². The Labute approximate surface area is 135 Å². The quantitative estimate of drug-likeness (QED) is 0.671. The average Bonchev–Trinajstić information content (AvgIpc) is 3.00. The molecule has 0 aliphatic heterocycles. The number of hydrogen-bond acceptors (Lipinski definition) is 3. The molecule has 3 aromatic heterocycles. The first-order valence-corrected chi connectivity index (χ1v) is 8.02. The number of alkyl halides is 3. The molecule has 23 heavy (non-hydrogen) atoms. The summed E-state index contributed by atoms with van der Waals surface area (Å²) in [5.41, 5.74) is 1.35. The third kappa shape index (κ3) is 2.71. The monoisotopic (exact) mass is 340 g/mol. The molecule has 0 unspecified atom stereocenters. The second-order valence-electron chi connectivity index (χ2n) is 5.12. The fraction of sp³-hybridized carbons (Fsp3) is 0.333. The van der Waals surface area contributed by atoms with Crippen LogP contribution in [-0.2, 0) is 13.2 Å². The second-order valence-corrected chi connectivity index (χ2v) is 6.38. The fourth-order valence-electron chi connectivity index (χ4n) is 2.33. The summed E-state index contributed by atoms with van der Waals surface area (Å²) in [5, 5.41) is 0.669. The Morgan fingerprint density at radius 2 is 2.00 bits per heavy atom. The van der Waals surface area contributed by atoms with Crippen molar-refractivity contribution < 1.29 is 13.2 Å². The molecule has 0 saturated heterocycles. The maximum atomic E-state index is 13.0. The minimum Gasteiger partial charge on any atom is -0.330 e. The van der Waals surface area contributed by atoms with Crippen LogP contribution in [0.3, 0.4) is 0 Å². The number of halogens is 3. The molecule has 3 aromatic rings. The van der Waals surface area contributed by atoms with Gasteiger partial charge in [0, 0.05) is 25.1 Å². The molecule has 0 amide bonds. The minimum atomic E-state index is -4.38. The molecule has 0 fully saturated rings. The van der Waals surface area contributed by atoms with Gasteiger partial charge >= 0.3 is 6.18 Å². The van der Waals surface area contributed by atoms with Gasteiger partial charge < -0.3 is 4.57 Å². The second kappa shape index (κ2) is 5.59. The van der Waals surface area contributed by atoms with E-state index in [1.54, 1.807) is 6.20 Å². The molecule has 0 aliphatic carbocycles. The predicted molar refractivity (Wildman–Crippen MR) is 83.5 cm³/mol. The van der Waals surface area contributed by atoms with Crippen LogP contribution in [0.15, 0.2) is 29.6 Å². The summed E-state index contributed by atoms with van der Waals surface area (Å²) in [4.78, 5) is 8.84. The van der Waals surface area contributed by atoms with Gasteiger partial charge in [-0.25, -0.2) is 9.97 Å². The van der Waals surface area contributed by atoms with Crippen LogP contribution in [0.2, 0.25) is 0 Å². The van der Waals surface area contributed by atoms with Crippen LogP contribution in [0.25, 0.3) is 17.2 Å². The van der Waals surface area contributed by atoms with Crippen molar-refractivity contribution in [2.45, 2.75) is 25.0 Å². The van der Waals surface area contributed by atoms with Gasteiger partial charge in [-0.1, -0.05) is 6.92 Å². The smallest absolute Gasteiger partial charge is 0.330 e. The first kappa shape index (κ1) is 15.9. The Morgan fingerprint density at radius 3 is 2.57 bits per heavy atom. The number of thioether (sulfide) groups is 1. The SMILES string of the molecule is CCSc1c(-c2ncc(C)n2C)nc2ccc(C(F)(F)F)cn12. The van der Waals surface area contributed by atoms with Gasteiger partial charge in [-0.3, -0.25) is 4.40 Å². The summed E-state index contributed by atoms with van der Waals surface area (Å²) < 4.78 is 42.3. The van der Waals surface area contributed by atoms with Crippen LogP contribution in [0.1, 0.15) is 18.2 Å². The van der Waals surface area contributed by atoms with Crippen LogP contribution in [0.4, 0.5) is 13.2 Å². The zero-order chi connectivity index (χ0) is 16.8. The van der Waals surface area contributed by atoms with E-state index in [-0.39, 0.29) is 0 Å². The number of pyridine rings is 1. The van der Waals surface area contributed by atoms with Crippen molar-refractivity contribution >= 4 is 17.4 Å². The van der Waals surface area contributed by atoms with E-state index in [1.165, 1.54) is 22.2 Å². The molecule has 8 heteroatoms. The van der Waals surface area contributed by atoms with E-state index in [2.05, 4.69) is 9.97 Å². The van der Waals surface area contributed by atoms with E-state index in [0.717, 1.165) is 23.7 Å². The highest BCUT2D eigenvalue weighted by molar-refractivity contribution is 7.99. The van der Waals surface area contributed by atoms with Crippen LogP contribution >= 0.6 is 11.8 Å². The molecule has 0 aromatic carbocycles. The summed E-state index contributed by atoms with van der Waals surface area (Å²) in [6, 6.07) is 2.44. The molecule has 0 aliphatic rings. The Hall–Kier alpha value is -1.96. The lowest BCUT2D eigenvalue weighted by Crippen LogP contribution is -2.06. The lowest BCUT2D eigenvalue weighted by atomic mass is 10.3. The average molecular weight is 340 g/mol. The van der Waals surface area contributed by atoms with Crippen molar-refractivity contribution in [3.8, 4) is 11.5 Å². The Balaban J connectivity index is 2.26. The van der Waals surface area contributed by atoms with E-state index in [1.807, 2.05) is 25.5 Å². The molecule has 0 radical (unpaired) electrons. The van der Waals surface area contributed by atoms with E-state index >= 15 is 0 Å². The summed E-state index contributed by atoms with van der Waals surface area (Å²) >= 11 is 1.45. The van der Waals surface area contributed by atoms with Gasteiger partial charge in [0.25, 0.3) is 0 Å².